The molecule has 0 aliphatic heterocycles. The summed E-state index contributed by atoms with van der Waals surface area (Å²) in [5.41, 5.74) is 2.75. The SMILES string of the molecule is CCn1cnnc1Cn1c(C(C)Cl)nc2c(C)nn(C)c21. The van der Waals surface area contributed by atoms with Gasteiger partial charge < -0.3 is 9.13 Å². The minimum atomic E-state index is -0.185. The van der Waals surface area contributed by atoms with Crippen LogP contribution in [-0.4, -0.2) is 34.1 Å². The van der Waals surface area contributed by atoms with E-state index in [0.29, 0.717) is 6.54 Å². The van der Waals surface area contributed by atoms with Crippen molar-refractivity contribution in [3.63, 3.8) is 0 Å². The summed E-state index contributed by atoms with van der Waals surface area (Å²) in [4.78, 5) is 4.66. The van der Waals surface area contributed by atoms with E-state index in [-0.39, 0.29) is 5.38 Å². The molecule has 21 heavy (non-hydrogen) atoms. The molecule has 0 bridgehead atoms. The number of alkyl halides is 1. The van der Waals surface area contributed by atoms with Gasteiger partial charge in [0.15, 0.2) is 11.5 Å². The van der Waals surface area contributed by atoms with E-state index < -0.39 is 0 Å². The topological polar surface area (TPSA) is 66.3 Å². The molecular formula is C13H18ClN7. The van der Waals surface area contributed by atoms with Gasteiger partial charge in [-0.3, -0.25) is 4.68 Å². The van der Waals surface area contributed by atoms with E-state index in [1.807, 2.05) is 30.1 Å². The van der Waals surface area contributed by atoms with Crippen LogP contribution in [0.15, 0.2) is 6.33 Å². The maximum Gasteiger partial charge on any atom is 0.159 e. The number of fused-ring (bicyclic) bond motifs is 1. The zero-order valence-corrected chi connectivity index (χ0v) is 13.3. The van der Waals surface area contributed by atoms with Gasteiger partial charge >= 0.3 is 0 Å². The van der Waals surface area contributed by atoms with Crippen molar-refractivity contribution >= 4 is 22.8 Å². The van der Waals surface area contributed by atoms with Crippen LogP contribution in [0.3, 0.4) is 0 Å². The molecule has 0 spiro atoms. The third kappa shape index (κ3) is 2.21. The van der Waals surface area contributed by atoms with Crippen LogP contribution in [0, 0.1) is 6.92 Å². The van der Waals surface area contributed by atoms with Crippen molar-refractivity contribution in [1.82, 2.24) is 34.1 Å². The van der Waals surface area contributed by atoms with Gasteiger partial charge in [-0.2, -0.15) is 5.10 Å². The fourth-order valence-corrected chi connectivity index (χ4v) is 2.78. The van der Waals surface area contributed by atoms with Crippen LogP contribution in [0.1, 0.15) is 36.6 Å². The molecule has 1 atom stereocenters. The minimum Gasteiger partial charge on any atom is -0.316 e. The van der Waals surface area contributed by atoms with Crippen molar-refractivity contribution in [2.75, 3.05) is 0 Å². The number of imidazole rings is 1. The number of hydrogen-bond acceptors (Lipinski definition) is 4. The van der Waals surface area contributed by atoms with Crippen molar-refractivity contribution < 1.29 is 0 Å². The van der Waals surface area contributed by atoms with Crippen molar-refractivity contribution in [1.29, 1.82) is 0 Å². The molecule has 3 aromatic rings. The molecule has 0 saturated carbocycles. The summed E-state index contributed by atoms with van der Waals surface area (Å²) in [7, 11) is 1.92. The Hall–Kier alpha value is -1.89. The first-order chi connectivity index (χ1) is 10.0. The van der Waals surface area contributed by atoms with E-state index in [1.54, 1.807) is 6.33 Å². The number of rotatable bonds is 4. The molecule has 3 rings (SSSR count). The molecule has 0 fully saturated rings. The Morgan fingerprint density at radius 3 is 2.81 bits per heavy atom. The molecule has 8 heteroatoms. The molecular weight excluding hydrogens is 290 g/mol. The lowest BCUT2D eigenvalue weighted by atomic mass is 10.4. The van der Waals surface area contributed by atoms with Crippen molar-refractivity contribution in [2.24, 2.45) is 7.05 Å². The molecule has 7 nitrogen and oxygen atoms in total. The summed E-state index contributed by atoms with van der Waals surface area (Å²) in [6.07, 6.45) is 1.74. The lowest BCUT2D eigenvalue weighted by molar-refractivity contribution is 0.623. The minimum absolute atomic E-state index is 0.185. The molecule has 0 radical (unpaired) electrons. The Labute approximate surface area is 127 Å². The summed E-state index contributed by atoms with van der Waals surface area (Å²) < 4.78 is 5.92. The van der Waals surface area contributed by atoms with Crippen molar-refractivity contribution in [2.45, 2.75) is 39.2 Å². The fraction of sp³-hybridized carbons (Fsp3) is 0.538. The van der Waals surface area contributed by atoms with Gasteiger partial charge in [0.25, 0.3) is 0 Å². The summed E-state index contributed by atoms with van der Waals surface area (Å²) >= 11 is 6.30. The highest BCUT2D eigenvalue weighted by Crippen LogP contribution is 2.26. The normalized spacial score (nSPS) is 13.2. The first-order valence-corrected chi connectivity index (χ1v) is 7.37. The highest BCUT2D eigenvalue weighted by atomic mass is 35.5. The Morgan fingerprint density at radius 1 is 1.38 bits per heavy atom. The van der Waals surface area contributed by atoms with Crippen LogP contribution >= 0.6 is 11.6 Å². The lowest BCUT2D eigenvalue weighted by Crippen LogP contribution is -2.13. The van der Waals surface area contributed by atoms with Crippen LogP contribution in [-0.2, 0) is 20.1 Å². The summed E-state index contributed by atoms with van der Waals surface area (Å²) in [5, 5.41) is 12.4. The molecule has 0 amide bonds. The summed E-state index contributed by atoms with van der Waals surface area (Å²) in [5.74, 6) is 1.71. The van der Waals surface area contributed by atoms with Gasteiger partial charge in [-0.15, -0.1) is 21.8 Å². The first kappa shape index (κ1) is 14.1. The van der Waals surface area contributed by atoms with Gasteiger partial charge in [-0.25, -0.2) is 4.98 Å². The van der Waals surface area contributed by atoms with Crippen LogP contribution in [0.5, 0.6) is 0 Å². The molecule has 0 saturated heterocycles. The number of aryl methyl sites for hydroxylation is 3. The number of nitrogens with zero attached hydrogens (tertiary/aromatic N) is 7. The third-order valence-electron chi connectivity index (χ3n) is 3.61. The first-order valence-electron chi connectivity index (χ1n) is 6.93. The van der Waals surface area contributed by atoms with E-state index in [4.69, 9.17) is 11.6 Å². The van der Waals surface area contributed by atoms with Gasteiger partial charge in [-0.05, 0) is 20.8 Å². The van der Waals surface area contributed by atoms with E-state index in [9.17, 15) is 0 Å². The lowest BCUT2D eigenvalue weighted by Gasteiger charge is -2.11. The van der Waals surface area contributed by atoms with Gasteiger partial charge in [0, 0.05) is 13.6 Å². The Morgan fingerprint density at radius 2 is 2.14 bits per heavy atom. The van der Waals surface area contributed by atoms with E-state index >= 15 is 0 Å². The standard InChI is InChI=1S/C13H18ClN7/c1-5-20-7-15-17-10(20)6-21-12(8(2)14)16-11-9(3)18-19(4)13(11)21/h7-8H,5-6H2,1-4H3. The average Bonchev–Trinajstić information content (AvgIpc) is 3.08. The second-order valence-electron chi connectivity index (χ2n) is 5.09. The zero-order valence-electron chi connectivity index (χ0n) is 12.6. The van der Waals surface area contributed by atoms with Crippen LogP contribution in [0.2, 0.25) is 0 Å². The highest BCUT2D eigenvalue weighted by Gasteiger charge is 2.21. The van der Waals surface area contributed by atoms with Crippen molar-refractivity contribution in [3.8, 4) is 0 Å². The molecule has 0 aromatic carbocycles. The molecule has 3 aromatic heterocycles. The number of aromatic nitrogens is 7. The second-order valence-corrected chi connectivity index (χ2v) is 5.74. The maximum atomic E-state index is 6.30. The summed E-state index contributed by atoms with van der Waals surface area (Å²) in [6.45, 7) is 7.35. The molecule has 0 aliphatic carbocycles. The quantitative estimate of drug-likeness (QED) is 0.692. The Kier molecular flexibility index (Phi) is 3.44. The molecule has 3 heterocycles. The average molecular weight is 308 g/mol. The monoisotopic (exact) mass is 307 g/mol. The molecule has 1 unspecified atom stereocenters. The number of hydrogen-bond donors (Lipinski definition) is 0. The highest BCUT2D eigenvalue weighted by molar-refractivity contribution is 6.20. The molecule has 0 N–H and O–H groups in total. The Balaban J connectivity index is 2.17. The maximum absolute atomic E-state index is 6.30. The predicted molar refractivity (Wildman–Crippen MR) is 80.3 cm³/mol. The molecule has 112 valence electrons. The largest absolute Gasteiger partial charge is 0.316 e. The smallest absolute Gasteiger partial charge is 0.159 e. The van der Waals surface area contributed by atoms with Crippen LogP contribution in [0.4, 0.5) is 0 Å². The van der Waals surface area contributed by atoms with Crippen molar-refractivity contribution in [3.05, 3.63) is 23.7 Å². The van der Waals surface area contributed by atoms with E-state index in [0.717, 1.165) is 35.1 Å². The van der Waals surface area contributed by atoms with E-state index in [2.05, 4.69) is 31.8 Å². The molecule has 0 aliphatic rings. The second kappa shape index (κ2) is 5.14. The zero-order chi connectivity index (χ0) is 15.1. The van der Waals surface area contributed by atoms with Crippen LogP contribution < -0.4 is 0 Å². The third-order valence-corrected chi connectivity index (χ3v) is 3.81. The Bertz CT molecular complexity index is 780. The van der Waals surface area contributed by atoms with Crippen LogP contribution in [0.25, 0.3) is 11.2 Å². The van der Waals surface area contributed by atoms with Gasteiger partial charge in [-0.1, -0.05) is 0 Å². The fourth-order valence-electron chi connectivity index (χ4n) is 2.62. The van der Waals surface area contributed by atoms with Gasteiger partial charge in [0.1, 0.15) is 17.7 Å². The van der Waals surface area contributed by atoms with E-state index in [1.165, 1.54) is 0 Å². The van der Waals surface area contributed by atoms with Gasteiger partial charge in [0.2, 0.25) is 0 Å². The predicted octanol–water partition coefficient (Wildman–Crippen LogP) is 2.04. The summed E-state index contributed by atoms with van der Waals surface area (Å²) in [6, 6.07) is 0. The van der Waals surface area contributed by atoms with Gasteiger partial charge in [0.05, 0.1) is 17.6 Å². The number of halogens is 1.